The molecule has 0 radical (unpaired) electrons. The van der Waals surface area contributed by atoms with Gasteiger partial charge >= 0.3 is 0 Å². The minimum Gasteiger partial charge on any atom is -0.459 e. The standard InChI is InChI=1S/C21H19N3O2/c22-11-17-19(18-10-9-14(12-25)26-18)16-8-4-7-15(20(16)24-21(17)23)13-5-2-1-3-6-13/h1-3,5-6,9-10,15,25H,4,7-8,12H2,(H2,23,24)/t15-/m1/s1. The number of benzene rings is 1. The van der Waals surface area contributed by atoms with Gasteiger partial charge in [0.2, 0.25) is 0 Å². The molecule has 2 aromatic heterocycles. The van der Waals surface area contributed by atoms with Gasteiger partial charge in [-0.05, 0) is 42.5 Å². The molecule has 1 atom stereocenters. The Bertz CT molecular complexity index is 986. The van der Waals surface area contributed by atoms with E-state index in [0.29, 0.717) is 17.1 Å². The SMILES string of the molecule is N#Cc1c(N)nc2c(c1-c1ccc(CO)o1)CCC[C@@H]2c1ccccc1. The largest absolute Gasteiger partial charge is 0.459 e. The number of nitriles is 1. The highest BCUT2D eigenvalue weighted by molar-refractivity contribution is 5.77. The molecule has 0 saturated heterocycles. The molecule has 26 heavy (non-hydrogen) atoms. The second-order valence-corrected chi connectivity index (χ2v) is 6.50. The number of aliphatic hydroxyl groups excluding tert-OH is 1. The Kier molecular flexibility index (Phi) is 4.19. The average molecular weight is 345 g/mol. The van der Waals surface area contributed by atoms with Crippen molar-refractivity contribution in [2.45, 2.75) is 31.8 Å². The number of nitrogens with two attached hydrogens (primary N) is 1. The topological polar surface area (TPSA) is 96.1 Å². The van der Waals surface area contributed by atoms with E-state index in [1.54, 1.807) is 12.1 Å². The van der Waals surface area contributed by atoms with Gasteiger partial charge in [0.25, 0.3) is 0 Å². The molecule has 4 rings (SSSR count). The van der Waals surface area contributed by atoms with Gasteiger partial charge in [0.15, 0.2) is 0 Å². The zero-order valence-corrected chi connectivity index (χ0v) is 14.3. The molecule has 1 aliphatic rings. The van der Waals surface area contributed by atoms with Gasteiger partial charge < -0.3 is 15.3 Å². The van der Waals surface area contributed by atoms with E-state index in [1.807, 2.05) is 18.2 Å². The molecule has 0 bridgehead atoms. The fraction of sp³-hybridized carbons (Fsp3) is 0.238. The van der Waals surface area contributed by atoms with Crippen molar-refractivity contribution in [3.8, 4) is 17.4 Å². The molecule has 1 aromatic carbocycles. The number of furan rings is 1. The summed E-state index contributed by atoms with van der Waals surface area (Å²) in [6, 6.07) is 15.9. The number of nitrogens with zero attached hydrogens (tertiary/aromatic N) is 2. The van der Waals surface area contributed by atoms with Gasteiger partial charge in [0.05, 0.1) is 5.69 Å². The third-order valence-electron chi connectivity index (χ3n) is 4.99. The maximum atomic E-state index is 9.65. The van der Waals surface area contributed by atoms with Gasteiger partial charge in [-0.15, -0.1) is 0 Å². The van der Waals surface area contributed by atoms with Crippen LogP contribution in [0.25, 0.3) is 11.3 Å². The van der Waals surface area contributed by atoms with E-state index in [4.69, 9.17) is 10.2 Å². The molecule has 0 amide bonds. The lowest BCUT2D eigenvalue weighted by Gasteiger charge is -2.27. The minimum atomic E-state index is -0.183. The zero-order valence-electron chi connectivity index (χ0n) is 14.3. The summed E-state index contributed by atoms with van der Waals surface area (Å²) in [4.78, 5) is 4.62. The molecule has 0 spiro atoms. The van der Waals surface area contributed by atoms with Crippen molar-refractivity contribution >= 4 is 5.82 Å². The summed E-state index contributed by atoms with van der Waals surface area (Å²) in [7, 11) is 0. The molecule has 3 N–H and O–H groups in total. The fourth-order valence-electron chi connectivity index (χ4n) is 3.81. The Balaban J connectivity index is 1.95. The first-order chi connectivity index (χ1) is 12.7. The molecule has 2 heterocycles. The number of hydrogen-bond acceptors (Lipinski definition) is 5. The van der Waals surface area contributed by atoms with E-state index in [0.717, 1.165) is 36.1 Å². The van der Waals surface area contributed by atoms with Crippen molar-refractivity contribution in [1.29, 1.82) is 5.26 Å². The Hall–Kier alpha value is -3.10. The van der Waals surface area contributed by atoms with Crippen molar-refractivity contribution in [3.63, 3.8) is 0 Å². The molecule has 0 fully saturated rings. The average Bonchev–Trinajstić information content (AvgIpc) is 3.16. The van der Waals surface area contributed by atoms with Crippen LogP contribution in [0.3, 0.4) is 0 Å². The highest BCUT2D eigenvalue weighted by Gasteiger charge is 2.30. The summed E-state index contributed by atoms with van der Waals surface area (Å²) in [5.41, 5.74) is 10.4. The van der Waals surface area contributed by atoms with Crippen LogP contribution < -0.4 is 5.73 Å². The van der Waals surface area contributed by atoms with E-state index in [1.165, 1.54) is 5.56 Å². The predicted molar refractivity (Wildman–Crippen MR) is 98.2 cm³/mol. The van der Waals surface area contributed by atoms with Gasteiger partial charge in [-0.3, -0.25) is 0 Å². The van der Waals surface area contributed by atoms with Crippen LogP contribution in [-0.4, -0.2) is 10.1 Å². The molecule has 0 saturated carbocycles. The lowest BCUT2D eigenvalue weighted by molar-refractivity contribution is 0.248. The van der Waals surface area contributed by atoms with Gasteiger partial charge in [-0.1, -0.05) is 30.3 Å². The minimum absolute atomic E-state index is 0.154. The molecular weight excluding hydrogens is 326 g/mol. The van der Waals surface area contributed by atoms with Crippen molar-refractivity contribution in [2.75, 3.05) is 5.73 Å². The van der Waals surface area contributed by atoms with E-state index in [2.05, 4.69) is 23.2 Å². The van der Waals surface area contributed by atoms with E-state index < -0.39 is 0 Å². The summed E-state index contributed by atoms with van der Waals surface area (Å²) < 4.78 is 5.74. The predicted octanol–water partition coefficient (Wildman–Crippen LogP) is 3.76. The highest BCUT2D eigenvalue weighted by atomic mass is 16.4. The zero-order chi connectivity index (χ0) is 18.1. The molecule has 130 valence electrons. The molecule has 5 heteroatoms. The van der Waals surface area contributed by atoms with Crippen LogP contribution in [0.2, 0.25) is 0 Å². The molecule has 3 aromatic rings. The number of anilines is 1. The first-order valence-electron chi connectivity index (χ1n) is 8.70. The van der Waals surface area contributed by atoms with Gasteiger partial charge in [0, 0.05) is 11.5 Å². The Morgan fingerprint density at radius 2 is 2.04 bits per heavy atom. The normalized spacial score (nSPS) is 16.1. The highest BCUT2D eigenvalue weighted by Crippen LogP contribution is 2.42. The lowest BCUT2D eigenvalue weighted by atomic mass is 9.79. The summed E-state index contributed by atoms with van der Waals surface area (Å²) >= 11 is 0. The Morgan fingerprint density at radius 1 is 1.23 bits per heavy atom. The maximum Gasteiger partial charge on any atom is 0.142 e. The summed E-state index contributed by atoms with van der Waals surface area (Å²) in [5, 5.41) is 19.0. The van der Waals surface area contributed by atoms with Crippen LogP contribution in [0.1, 0.15) is 46.9 Å². The Morgan fingerprint density at radius 3 is 2.73 bits per heavy atom. The first kappa shape index (κ1) is 16.4. The smallest absolute Gasteiger partial charge is 0.142 e. The number of aliphatic hydroxyl groups is 1. The summed E-state index contributed by atoms with van der Waals surface area (Å²) in [6.07, 6.45) is 2.82. The van der Waals surface area contributed by atoms with Crippen molar-refractivity contribution in [1.82, 2.24) is 4.98 Å². The number of pyridine rings is 1. The van der Waals surface area contributed by atoms with Crippen LogP contribution in [0, 0.1) is 11.3 Å². The number of nitrogen functional groups attached to an aromatic ring is 1. The summed E-state index contributed by atoms with van der Waals surface area (Å²) in [5.74, 6) is 1.40. The molecule has 5 nitrogen and oxygen atoms in total. The van der Waals surface area contributed by atoms with Crippen LogP contribution in [0.4, 0.5) is 5.82 Å². The maximum absolute atomic E-state index is 9.65. The van der Waals surface area contributed by atoms with Crippen LogP contribution in [-0.2, 0) is 13.0 Å². The van der Waals surface area contributed by atoms with Crippen LogP contribution in [0.15, 0.2) is 46.9 Å². The van der Waals surface area contributed by atoms with Crippen LogP contribution in [0.5, 0.6) is 0 Å². The molecule has 0 aliphatic heterocycles. The molecular formula is C21H19N3O2. The first-order valence-corrected chi connectivity index (χ1v) is 8.70. The quantitative estimate of drug-likeness (QED) is 0.753. The number of aromatic nitrogens is 1. The lowest BCUT2D eigenvalue weighted by Crippen LogP contribution is -2.17. The van der Waals surface area contributed by atoms with Gasteiger partial charge in [-0.25, -0.2) is 4.98 Å². The second-order valence-electron chi connectivity index (χ2n) is 6.50. The van der Waals surface area contributed by atoms with Crippen molar-refractivity contribution < 1.29 is 9.52 Å². The number of hydrogen-bond donors (Lipinski definition) is 2. The van der Waals surface area contributed by atoms with Crippen molar-refractivity contribution in [2.24, 2.45) is 0 Å². The molecule has 1 aliphatic carbocycles. The van der Waals surface area contributed by atoms with E-state index in [9.17, 15) is 10.4 Å². The van der Waals surface area contributed by atoms with E-state index in [-0.39, 0.29) is 18.3 Å². The van der Waals surface area contributed by atoms with Gasteiger partial charge in [-0.2, -0.15) is 5.26 Å². The Labute approximate surface area is 151 Å². The summed E-state index contributed by atoms with van der Waals surface area (Å²) in [6.45, 7) is -0.183. The third-order valence-corrected chi connectivity index (χ3v) is 4.99. The van der Waals surface area contributed by atoms with Crippen molar-refractivity contribution in [3.05, 3.63) is 70.6 Å². The second kappa shape index (κ2) is 6.66. The number of fused-ring (bicyclic) bond motifs is 1. The fourth-order valence-corrected chi connectivity index (χ4v) is 3.81. The number of rotatable bonds is 3. The monoisotopic (exact) mass is 345 g/mol. The van der Waals surface area contributed by atoms with E-state index >= 15 is 0 Å². The van der Waals surface area contributed by atoms with Gasteiger partial charge in [0.1, 0.15) is 35.6 Å². The third kappa shape index (κ3) is 2.65. The molecule has 0 unspecified atom stereocenters. The van der Waals surface area contributed by atoms with Crippen LogP contribution >= 0.6 is 0 Å².